The molecule has 42 heavy (non-hydrogen) atoms. The summed E-state index contributed by atoms with van der Waals surface area (Å²) in [6, 6.07) is 4.70. The number of hydrogen-bond acceptors (Lipinski definition) is 9. The predicted octanol–water partition coefficient (Wildman–Crippen LogP) is 4.88. The molecule has 0 aliphatic rings. The fourth-order valence-electron chi connectivity index (χ4n) is 4.09. The average molecular weight is 616 g/mol. The van der Waals surface area contributed by atoms with E-state index in [0.29, 0.717) is 29.7 Å². The lowest BCUT2D eigenvalue weighted by Crippen LogP contribution is -2.49. The van der Waals surface area contributed by atoms with Crippen molar-refractivity contribution >= 4 is 30.4 Å². The summed E-state index contributed by atoms with van der Waals surface area (Å²) in [7, 11) is -2.12. The van der Waals surface area contributed by atoms with Gasteiger partial charge in [-0.05, 0) is 58.9 Å². The molecule has 0 aliphatic carbocycles. The van der Waals surface area contributed by atoms with E-state index in [9.17, 15) is 22.5 Å². The highest BCUT2D eigenvalue weighted by Gasteiger charge is 2.42. The third-order valence-electron chi connectivity index (χ3n) is 6.49. The van der Waals surface area contributed by atoms with Gasteiger partial charge < -0.3 is 24.5 Å². The number of nitrogens with zero attached hydrogens (tertiary/aromatic N) is 5. The van der Waals surface area contributed by atoms with Crippen molar-refractivity contribution in [1.29, 1.82) is 0 Å². The van der Waals surface area contributed by atoms with Crippen molar-refractivity contribution in [2.45, 2.75) is 71.6 Å². The lowest BCUT2D eigenvalue weighted by atomic mass is 10.1. The first kappa shape index (κ1) is 33.2. The van der Waals surface area contributed by atoms with E-state index < -0.39 is 37.5 Å². The molecule has 3 N–H and O–H groups in total. The highest BCUT2D eigenvalue weighted by Crippen LogP contribution is 2.51. The molecule has 0 spiro atoms. The maximum atomic E-state index is 14.6. The Hall–Kier alpha value is -3.26. The summed E-state index contributed by atoms with van der Waals surface area (Å²) in [5.41, 5.74) is 6.04. The van der Waals surface area contributed by atoms with Gasteiger partial charge in [-0.1, -0.05) is 19.1 Å². The van der Waals surface area contributed by atoms with Crippen LogP contribution in [0.15, 0.2) is 36.9 Å². The normalized spacial score (nSPS) is 15.4. The number of fused-ring (bicyclic) bond motifs is 1. The molecule has 12 nitrogen and oxygen atoms in total. The molecule has 16 heteroatoms. The Morgan fingerprint density at radius 2 is 1.83 bits per heavy atom. The van der Waals surface area contributed by atoms with Crippen LogP contribution in [0.5, 0.6) is 5.75 Å². The first-order valence-corrected chi connectivity index (χ1v) is 15.1. The van der Waals surface area contributed by atoms with E-state index in [1.165, 1.54) is 35.3 Å². The number of nitrogens with two attached hydrogens (primary N) is 1. The van der Waals surface area contributed by atoms with Crippen molar-refractivity contribution in [1.82, 2.24) is 29.3 Å². The Morgan fingerprint density at radius 1 is 1.17 bits per heavy atom. The number of imidazole rings is 1. The fraction of sp³-hybridized carbons (Fsp3) is 0.538. The minimum atomic E-state index is -4.82. The van der Waals surface area contributed by atoms with E-state index in [4.69, 9.17) is 15.2 Å². The van der Waals surface area contributed by atoms with Crippen molar-refractivity contribution in [3.05, 3.63) is 42.5 Å². The molecule has 1 aromatic carbocycles. The second-order valence-electron chi connectivity index (χ2n) is 10.4. The van der Waals surface area contributed by atoms with Gasteiger partial charge in [0.05, 0.1) is 25.6 Å². The van der Waals surface area contributed by atoms with Gasteiger partial charge in [0, 0.05) is 6.04 Å². The third kappa shape index (κ3) is 8.40. The SMILES string of the molecule is CCCOC(=O)C(C)(C)NP(=O)(COC(C)Cn1cnc2c(N)ncnc21)N(C)[C@H](C)c1ccc(OC(F)(F)F)cc1. The number of aromatic nitrogens is 4. The third-order valence-corrected chi connectivity index (χ3v) is 9.26. The Morgan fingerprint density at radius 3 is 2.45 bits per heavy atom. The van der Waals surface area contributed by atoms with Gasteiger partial charge in [0.1, 0.15) is 29.5 Å². The zero-order valence-corrected chi connectivity index (χ0v) is 25.3. The number of hydrogen-bond donors (Lipinski definition) is 2. The number of benzene rings is 1. The van der Waals surface area contributed by atoms with Crippen LogP contribution in [0, 0.1) is 0 Å². The van der Waals surface area contributed by atoms with Crippen molar-refractivity contribution < 1.29 is 36.7 Å². The smallest absolute Gasteiger partial charge is 0.464 e. The topological polar surface area (TPSA) is 147 Å². The monoisotopic (exact) mass is 615 g/mol. The van der Waals surface area contributed by atoms with Crippen molar-refractivity contribution in [3.63, 3.8) is 0 Å². The highest BCUT2D eigenvalue weighted by molar-refractivity contribution is 7.59. The molecule has 2 aromatic heterocycles. The molecular formula is C26H37F3N7O5P. The number of ether oxygens (including phenoxy) is 3. The second kappa shape index (κ2) is 13.4. The van der Waals surface area contributed by atoms with Gasteiger partial charge in [-0.15, -0.1) is 13.2 Å². The first-order chi connectivity index (χ1) is 19.6. The first-order valence-electron chi connectivity index (χ1n) is 13.2. The van der Waals surface area contributed by atoms with Crippen LogP contribution in [0.1, 0.15) is 52.6 Å². The van der Waals surface area contributed by atoms with Crippen LogP contribution < -0.4 is 15.6 Å². The van der Waals surface area contributed by atoms with Gasteiger partial charge in [0.2, 0.25) is 7.44 Å². The summed E-state index contributed by atoms with van der Waals surface area (Å²) in [6.45, 7) is 9.00. The standard InChI is InChI=1S/C26H37F3N7O5P/c1-7-12-39-24(37)25(4,5)34-42(38,35(6)18(3)19-8-10-20(11-9-19)41-26(27,28)29)16-40-17(2)13-36-15-33-21-22(30)31-14-32-23(21)36/h8-11,14-15,17-18H,7,12-13,16H2,1-6H3,(H,34,38)(H2,30,31,32)/t17?,18-,42?/m1/s1. The number of carbonyl (C=O) groups is 1. The fourth-order valence-corrected chi connectivity index (χ4v) is 6.61. The van der Waals surface area contributed by atoms with Gasteiger partial charge in [0.25, 0.3) is 0 Å². The quantitative estimate of drug-likeness (QED) is 0.189. The van der Waals surface area contributed by atoms with Gasteiger partial charge in [-0.2, -0.15) is 0 Å². The second-order valence-corrected chi connectivity index (χ2v) is 12.9. The van der Waals surface area contributed by atoms with E-state index in [0.717, 1.165) is 0 Å². The Bertz CT molecular complexity index is 1400. The number of nitrogens with one attached hydrogen (secondary N) is 1. The Labute approximate surface area is 242 Å². The molecule has 0 fully saturated rings. The summed E-state index contributed by atoms with van der Waals surface area (Å²) in [5, 5.41) is 2.97. The summed E-state index contributed by atoms with van der Waals surface area (Å²) >= 11 is 0. The van der Waals surface area contributed by atoms with Gasteiger partial charge >= 0.3 is 12.3 Å². The van der Waals surface area contributed by atoms with E-state index >= 15 is 0 Å². The van der Waals surface area contributed by atoms with Crippen LogP contribution in [-0.4, -0.2) is 68.2 Å². The molecule has 0 aliphatic heterocycles. The zero-order chi connectivity index (χ0) is 31.3. The lowest BCUT2D eigenvalue weighted by Gasteiger charge is -2.38. The average Bonchev–Trinajstić information content (AvgIpc) is 3.32. The van der Waals surface area contributed by atoms with Crippen LogP contribution in [-0.2, 0) is 25.4 Å². The molecule has 0 bridgehead atoms. The van der Waals surface area contributed by atoms with E-state index in [2.05, 4.69) is 24.8 Å². The molecule has 232 valence electrons. The van der Waals surface area contributed by atoms with Crippen molar-refractivity contribution in [2.24, 2.45) is 0 Å². The van der Waals surface area contributed by atoms with Crippen LogP contribution in [0.4, 0.5) is 19.0 Å². The molecule has 3 rings (SSSR count). The number of carbonyl (C=O) groups excluding carboxylic acids is 1. The highest BCUT2D eigenvalue weighted by atomic mass is 31.2. The number of alkyl halides is 3. The zero-order valence-electron chi connectivity index (χ0n) is 24.4. The molecule has 3 aromatic rings. The molecular weight excluding hydrogens is 578 g/mol. The minimum absolute atomic E-state index is 0.202. The number of esters is 1. The predicted molar refractivity (Wildman–Crippen MR) is 151 cm³/mol. The molecule has 2 unspecified atom stereocenters. The van der Waals surface area contributed by atoms with Crippen molar-refractivity contribution in [2.75, 3.05) is 25.7 Å². The van der Waals surface area contributed by atoms with Gasteiger partial charge in [-0.3, -0.25) is 9.36 Å². The summed E-state index contributed by atoms with van der Waals surface area (Å²) in [5.74, 6) is -0.722. The lowest BCUT2D eigenvalue weighted by molar-refractivity contribution is -0.274. The molecule has 0 saturated heterocycles. The largest absolute Gasteiger partial charge is 0.573 e. The Balaban J connectivity index is 1.82. The van der Waals surface area contributed by atoms with Crippen LogP contribution in [0.2, 0.25) is 0 Å². The summed E-state index contributed by atoms with van der Waals surface area (Å²) < 4.78 is 71.0. The maximum absolute atomic E-state index is 14.6. The van der Waals surface area contributed by atoms with Crippen LogP contribution >= 0.6 is 7.44 Å². The number of anilines is 1. The van der Waals surface area contributed by atoms with Crippen LogP contribution in [0.3, 0.4) is 0 Å². The van der Waals surface area contributed by atoms with Gasteiger partial charge in [-0.25, -0.2) is 24.7 Å². The number of rotatable bonds is 14. The molecule has 2 heterocycles. The summed E-state index contributed by atoms with van der Waals surface area (Å²) in [4.78, 5) is 25.2. The molecule has 0 amide bonds. The van der Waals surface area contributed by atoms with Gasteiger partial charge in [0.15, 0.2) is 11.5 Å². The van der Waals surface area contributed by atoms with E-state index in [1.54, 1.807) is 45.6 Å². The van der Waals surface area contributed by atoms with Crippen molar-refractivity contribution in [3.8, 4) is 5.75 Å². The minimum Gasteiger partial charge on any atom is -0.464 e. The molecule has 0 radical (unpaired) electrons. The van der Waals surface area contributed by atoms with E-state index in [-0.39, 0.29) is 24.5 Å². The number of halogens is 3. The van der Waals surface area contributed by atoms with E-state index in [1.807, 2.05) is 6.92 Å². The molecule has 3 atom stereocenters. The Kier molecular flexibility index (Phi) is 10.6. The molecule has 0 saturated carbocycles. The van der Waals surface area contributed by atoms with Crippen LogP contribution in [0.25, 0.3) is 11.2 Å². The summed E-state index contributed by atoms with van der Waals surface area (Å²) in [6.07, 6.45) is -2.11. The number of nitrogen functional groups attached to an aromatic ring is 1. The maximum Gasteiger partial charge on any atom is 0.573 e.